The van der Waals surface area contributed by atoms with Gasteiger partial charge in [-0.15, -0.1) is 0 Å². The van der Waals surface area contributed by atoms with Crippen molar-refractivity contribution in [3.8, 4) is 11.3 Å². The maximum absolute atomic E-state index is 13.7. The number of aliphatic hydroxyl groups is 1. The molecule has 178 valence electrons. The summed E-state index contributed by atoms with van der Waals surface area (Å²) >= 11 is 0. The van der Waals surface area contributed by atoms with Gasteiger partial charge in [-0.05, 0) is 13.8 Å². The minimum atomic E-state index is -4.83. The third kappa shape index (κ3) is 4.35. The Balaban J connectivity index is 1.91. The van der Waals surface area contributed by atoms with Crippen LogP contribution in [0.25, 0.3) is 11.3 Å². The van der Waals surface area contributed by atoms with Gasteiger partial charge in [0.15, 0.2) is 5.69 Å². The molecule has 0 radical (unpaired) electrons. The van der Waals surface area contributed by atoms with Crippen LogP contribution in [0.2, 0.25) is 0 Å². The van der Waals surface area contributed by atoms with Crippen molar-refractivity contribution in [2.24, 2.45) is 0 Å². The molecule has 2 aliphatic heterocycles. The van der Waals surface area contributed by atoms with Crippen LogP contribution in [0.15, 0.2) is 12.3 Å². The van der Waals surface area contributed by atoms with Crippen LogP contribution in [-0.4, -0.2) is 75.7 Å². The first-order chi connectivity index (χ1) is 15.6. The van der Waals surface area contributed by atoms with Gasteiger partial charge in [-0.3, -0.25) is 4.90 Å². The summed E-state index contributed by atoms with van der Waals surface area (Å²) in [7, 11) is 0. The fourth-order valence-electron chi connectivity index (χ4n) is 3.77. The van der Waals surface area contributed by atoms with Gasteiger partial charge < -0.3 is 25.2 Å². The second kappa shape index (κ2) is 8.59. The first-order valence-electron chi connectivity index (χ1n) is 10.1. The van der Waals surface area contributed by atoms with Gasteiger partial charge in [-0.1, -0.05) is 0 Å². The SMILES string of the molecule is C[C@H]1OC(=O)N(c2cc(-c3cnc(N)nc3C(F)(F)F)nc(N3CCOC[C@@H]3C)n2)C1CO. The molecule has 0 saturated carbocycles. The molecule has 0 aliphatic carbocycles. The average molecular weight is 469 g/mol. The van der Waals surface area contributed by atoms with Crippen molar-refractivity contribution in [3.05, 3.63) is 18.0 Å². The number of ether oxygens (including phenoxy) is 2. The number of carbonyl (C=O) groups excluding carboxylic acids is 1. The summed E-state index contributed by atoms with van der Waals surface area (Å²) < 4.78 is 51.8. The Bertz CT molecular complexity index is 1050. The fraction of sp³-hybridized carbons (Fsp3) is 0.526. The highest BCUT2D eigenvalue weighted by atomic mass is 19.4. The summed E-state index contributed by atoms with van der Waals surface area (Å²) in [5.74, 6) is -0.473. The third-order valence-electron chi connectivity index (χ3n) is 5.47. The van der Waals surface area contributed by atoms with Crippen molar-refractivity contribution in [2.75, 3.05) is 41.9 Å². The number of anilines is 3. The van der Waals surface area contributed by atoms with Crippen LogP contribution in [0.4, 0.5) is 35.7 Å². The molecular weight excluding hydrogens is 447 g/mol. The monoisotopic (exact) mass is 469 g/mol. The van der Waals surface area contributed by atoms with Crippen molar-refractivity contribution in [3.63, 3.8) is 0 Å². The molecule has 14 heteroatoms. The van der Waals surface area contributed by atoms with Gasteiger partial charge in [0.05, 0.1) is 31.6 Å². The predicted molar refractivity (Wildman–Crippen MR) is 109 cm³/mol. The van der Waals surface area contributed by atoms with Crippen molar-refractivity contribution in [1.82, 2.24) is 19.9 Å². The highest BCUT2D eigenvalue weighted by Gasteiger charge is 2.42. The molecule has 2 saturated heterocycles. The molecule has 2 aliphatic rings. The van der Waals surface area contributed by atoms with E-state index < -0.39 is 48.2 Å². The molecule has 4 rings (SSSR count). The first kappa shape index (κ1) is 22.9. The predicted octanol–water partition coefficient (Wildman–Crippen LogP) is 1.47. The van der Waals surface area contributed by atoms with Crippen molar-refractivity contribution < 1.29 is 32.5 Å². The molecule has 2 aromatic rings. The largest absolute Gasteiger partial charge is 0.444 e. The Morgan fingerprint density at radius 3 is 2.70 bits per heavy atom. The maximum atomic E-state index is 13.7. The van der Waals surface area contributed by atoms with Gasteiger partial charge in [0, 0.05) is 24.4 Å². The number of aliphatic hydroxyl groups excluding tert-OH is 1. The topological polar surface area (TPSA) is 140 Å². The van der Waals surface area contributed by atoms with E-state index in [1.807, 2.05) is 6.92 Å². The highest BCUT2D eigenvalue weighted by molar-refractivity contribution is 5.90. The average Bonchev–Trinajstić information content (AvgIpc) is 3.05. The maximum Gasteiger partial charge on any atom is 0.434 e. The molecular formula is C19H22F3N7O4. The number of hydrogen-bond acceptors (Lipinski definition) is 10. The third-order valence-corrected chi connectivity index (χ3v) is 5.47. The Labute approximate surface area is 186 Å². The zero-order valence-electron chi connectivity index (χ0n) is 17.8. The molecule has 2 aromatic heterocycles. The minimum absolute atomic E-state index is 0.0213. The summed E-state index contributed by atoms with van der Waals surface area (Å²) in [6.45, 7) is 4.14. The van der Waals surface area contributed by atoms with Gasteiger partial charge in [0.2, 0.25) is 11.9 Å². The molecule has 11 nitrogen and oxygen atoms in total. The highest BCUT2D eigenvalue weighted by Crippen LogP contribution is 2.37. The van der Waals surface area contributed by atoms with Crippen molar-refractivity contribution in [2.45, 2.75) is 38.2 Å². The van der Waals surface area contributed by atoms with Crippen LogP contribution in [0.5, 0.6) is 0 Å². The number of nitrogen functional groups attached to an aromatic ring is 1. The standard InChI is InChI=1S/C19H22F3N7O4/c1-9-8-32-4-3-28(9)17-25-12(11-6-24-16(23)27-15(11)19(20,21)22)5-14(26-17)29-13(7-30)10(2)33-18(29)31/h5-6,9-10,13,30H,3-4,7-8H2,1-2H3,(H2,23,24,27)/t9-,10+,13?/m0/s1. The van der Waals surface area contributed by atoms with E-state index in [2.05, 4.69) is 19.9 Å². The molecule has 4 heterocycles. The molecule has 33 heavy (non-hydrogen) atoms. The van der Waals surface area contributed by atoms with E-state index >= 15 is 0 Å². The quantitative estimate of drug-likeness (QED) is 0.676. The van der Waals surface area contributed by atoms with Crippen molar-refractivity contribution >= 4 is 23.8 Å². The van der Waals surface area contributed by atoms with E-state index in [9.17, 15) is 23.1 Å². The van der Waals surface area contributed by atoms with Gasteiger partial charge in [-0.25, -0.2) is 19.7 Å². The second-order valence-electron chi connectivity index (χ2n) is 7.73. The number of amides is 1. The van der Waals surface area contributed by atoms with Gasteiger partial charge in [0.1, 0.15) is 18.0 Å². The lowest BCUT2D eigenvalue weighted by Gasteiger charge is -2.34. The summed E-state index contributed by atoms with van der Waals surface area (Å²) in [6, 6.07) is 0.255. The lowest BCUT2D eigenvalue weighted by Crippen LogP contribution is -2.45. The number of nitrogens with two attached hydrogens (primary N) is 1. The summed E-state index contributed by atoms with van der Waals surface area (Å²) in [5, 5.41) is 9.79. The lowest BCUT2D eigenvalue weighted by atomic mass is 10.1. The van der Waals surface area contributed by atoms with Gasteiger partial charge >= 0.3 is 12.3 Å². The van der Waals surface area contributed by atoms with Crippen LogP contribution >= 0.6 is 0 Å². The van der Waals surface area contributed by atoms with Crippen LogP contribution in [0, 0.1) is 0 Å². The summed E-state index contributed by atoms with van der Waals surface area (Å²) in [5.41, 5.74) is 3.54. The Hall–Kier alpha value is -3.26. The molecule has 1 amide bonds. The Kier molecular flexibility index (Phi) is 5.97. The van der Waals surface area contributed by atoms with E-state index in [0.29, 0.717) is 19.8 Å². The number of nitrogens with zero attached hydrogens (tertiary/aromatic N) is 6. The molecule has 0 spiro atoms. The number of rotatable bonds is 4. The molecule has 3 atom stereocenters. The van der Waals surface area contributed by atoms with E-state index in [1.54, 1.807) is 11.8 Å². The number of hydrogen-bond donors (Lipinski definition) is 2. The van der Waals surface area contributed by atoms with Crippen molar-refractivity contribution in [1.29, 1.82) is 0 Å². The summed E-state index contributed by atoms with van der Waals surface area (Å²) in [6.07, 6.45) is -5.34. The van der Waals surface area contributed by atoms with Crippen LogP contribution < -0.4 is 15.5 Å². The molecule has 0 aromatic carbocycles. The molecule has 0 bridgehead atoms. The van der Waals surface area contributed by atoms with E-state index in [-0.39, 0.29) is 23.5 Å². The zero-order valence-corrected chi connectivity index (χ0v) is 17.8. The van der Waals surface area contributed by atoms with Gasteiger partial charge in [-0.2, -0.15) is 18.2 Å². The zero-order chi connectivity index (χ0) is 23.9. The Morgan fingerprint density at radius 2 is 2.03 bits per heavy atom. The molecule has 1 unspecified atom stereocenters. The first-order valence-corrected chi connectivity index (χ1v) is 10.1. The lowest BCUT2D eigenvalue weighted by molar-refractivity contribution is -0.140. The number of aromatic nitrogens is 4. The Morgan fingerprint density at radius 1 is 1.27 bits per heavy atom. The van der Waals surface area contributed by atoms with E-state index in [1.165, 1.54) is 6.07 Å². The van der Waals surface area contributed by atoms with Crippen LogP contribution in [0.1, 0.15) is 19.5 Å². The minimum Gasteiger partial charge on any atom is -0.444 e. The number of alkyl halides is 3. The summed E-state index contributed by atoms with van der Waals surface area (Å²) in [4.78, 5) is 31.2. The number of cyclic esters (lactones) is 1. The molecule has 3 N–H and O–H groups in total. The fourth-order valence-corrected chi connectivity index (χ4v) is 3.77. The smallest absolute Gasteiger partial charge is 0.434 e. The molecule has 2 fully saturated rings. The van der Waals surface area contributed by atoms with E-state index in [0.717, 1.165) is 11.1 Å². The number of halogens is 3. The number of morpholine rings is 1. The van der Waals surface area contributed by atoms with Gasteiger partial charge in [0.25, 0.3) is 0 Å². The normalized spacial score (nSPS) is 23.7. The van der Waals surface area contributed by atoms with Crippen LogP contribution in [0.3, 0.4) is 0 Å². The number of carbonyl (C=O) groups is 1. The second-order valence-corrected chi connectivity index (χ2v) is 7.73. The van der Waals surface area contributed by atoms with E-state index in [4.69, 9.17) is 15.2 Å². The van der Waals surface area contributed by atoms with Crippen LogP contribution in [-0.2, 0) is 15.7 Å².